The lowest BCUT2D eigenvalue weighted by molar-refractivity contribution is 0.00578. The first kappa shape index (κ1) is 21.5. The molecule has 5 nitrogen and oxygen atoms in total. The van der Waals surface area contributed by atoms with Gasteiger partial charge in [-0.2, -0.15) is 0 Å². The number of carbonyl (C=O) groups is 1. The van der Waals surface area contributed by atoms with Gasteiger partial charge in [0.15, 0.2) is 0 Å². The minimum Gasteiger partial charge on any atom is -0.399 e. The zero-order valence-corrected chi connectivity index (χ0v) is 17.3. The first-order chi connectivity index (χ1) is 11.7. The Kier molecular flexibility index (Phi) is 6.68. The minimum absolute atomic E-state index is 0. The summed E-state index contributed by atoms with van der Waals surface area (Å²) in [7, 11) is -0.529. The highest BCUT2D eigenvalue weighted by atomic mass is 35.5. The SMILES string of the molecule is CC1(C)OB(c2ccc(C(=O)NC3CCNCC3)cc2Cl)OC1(C)C.Cl. The van der Waals surface area contributed by atoms with Gasteiger partial charge in [-0.15, -0.1) is 12.4 Å². The number of benzene rings is 1. The van der Waals surface area contributed by atoms with Crippen LogP contribution in [0.5, 0.6) is 0 Å². The second-order valence-corrected chi connectivity index (χ2v) is 8.23. The Labute approximate surface area is 167 Å². The first-order valence-corrected chi connectivity index (χ1v) is 9.24. The summed E-state index contributed by atoms with van der Waals surface area (Å²) in [6.07, 6.45) is 1.90. The van der Waals surface area contributed by atoms with Crippen LogP contribution in [0.25, 0.3) is 0 Å². The van der Waals surface area contributed by atoms with Gasteiger partial charge in [0.2, 0.25) is 0 Å². The Bertz CT molecular complexity index is 648. The van der Waals surface area contributed by atoms with Gasteiger partial charge in [-0.05, 0) is 65.8 Å². The van der Waals surface area contributed by atoms with Crippen LogP contribution >= 0.6 is 24.0 Å². The molecule has 1 aromatic rings. The van der Waals surface area contributed by atoms with Crippen LogP contribution in [0.2, 0.25) is 5.02 Å². The van der Waals surface area contributed by atoms with E-state index < -0.39 is 18.3 Å². The van der Waals surface area contributed by atoms with Crippen molar-refractivity contribution >= 4 is 42.5 Å². The van der Waals surface area contributed by atoms with Crippen molar-refractivity contribution in [3.05, 3.63) is 28.8 Å². The van der Waals surface area contributed by atoms with E-state index in [9.17, 15) is 4.79 Å². The van der Waals surface area contributed by atoms with Gasteiger partial charge in [-0.3, -0.25) is 4.79 Å². The number of piperidine rings is 1. The zero-order valence-electron chi connectivity index (χ0n) is 15.7. The van der Waals surface area contributed by atoms with Crippen LogP contribution in [0.3, 0.4) is 0 Å². The van der Waals surface area contributed by atoms with Crippen molar-refractivity contribution in [2.45, 2.75) is 57.8 Å². The van der Waals surface area contributed by atoms with E-state index in [1.54, 1.807) is 12.1 Å². The molecule has 0 radical (unpaired) electrons. The van der Waals surface area contributed by atoms with Crippen molar-refractivity contribution in [1.29, 1.82) is 0 Å². The van der Waals surface area contributed by atoms with E-state index >= 15 is 0 Å². The van der Waals surface area contributed by atoms with Gasteiger partial charge in [0.1, 0.15) is 0 Å². The highest BCUT2D eigenvalue weighted by Crippen LogP contribution is 2.37. The van der Waals surface area contributed by atoms with Crippen LogP contribution in [0.4, 0.5) is 0 Å². The summed E-state index contributed by atoms with van der Waals surface area (Å²) in [6, 6.07) is 5.51. The number of nitrogens with one attached hydrogen (secondary N) is 2. The molecule has 2 heterocycles. The Morgan fingerprint density at radius 3 is 2.31 bits per heavy atom. The Balaban J connectivity index is 0.00000243. The van der Waals surface area contributed by atoms with E-state index in [0.29, 0.717) is 10.6 Å². The van der Waals surface area contributed by atoms with Crippen LogP contribution in [0.1, 0.15) is 50.9 Å². The third-order valence-electron chi connectivity index (χ3n) is 5.44. The van der Waals surface area contributed by atoms with E-state index in [0.717, 1.165) is 31.4 Å². The molecule has 144 valence electrons. The summed E-state index contributed by atoms with van der Waals surface area (Å²) in [6.45, 7) is 9.88. The van der Waals surface area contributed by atoms with E-state index in [1.807, 2.05) is 33.8 Å². The molecule has 2 saturated heterocycles. The molecule has 8 heteroatoms. The smallest absolute Gasteiger partial charge is 0.399 e. The lowest BCUT2D eigenvalue weighted by Gasteiger charge is -2.32. The van der Waals surface area contributed by atoms with Gasteiger partial charge >= 0.3 is 7.12 Å². The quantitative estimate of drug-likeness (QED) is 0.765. The third kappa shape index (κ3) is 4.37. The largest absolute Gasteiger partial charge is 0.496 e. The van der Waals surface area contributed by atoms with Crippen molar-refractivity contribution in [3.63, 3.8) is 0 Å². The third-order valence-corrected chi connectivity index (χ3v) is 5.77. The number of rotatable bonds is 3. The number of hydrogen-bond acceptors (Lipinski definition) is 4. The Morgan fingerprint density at radius 1 is 1.19 bits per heavy atom. The summed E-state index contributed by atoms with van der Waals surface area (Å²) in [5.41, 5.74) is 0.459. The topological polar surface area (TPSA) is 59.6 Å². The monoisotopic (exact) mass is 400 g/mol. The van der Waals surface area contributed by atoms with Gasteiger partial charge in [0, 0.05) is 22.1 Å². The molecule has 0 atom stereocenters. The van der Waals surface area contributed by atoms with Crippen molar-refractivity contribution in [2.75, 3.05) is 13.1 Å². The summed E-state index contributed by atoms with van der Waals surface area (Å²) in [5.74, 6) is -0.0886. The number of carbonyl (C=O) groups excluding carboxylic acids is 1. The standard InChI is InChI=1S/C18H26BClN2O3.ClH/c1-17(2)18(3,4)25-19(24-17)14-6-5-12(11-15(14)20)16(23)22-13-7-9-21-10-8-13;/h5-6,11,13,21H,7-10H2,1-4H3,(H,22,23);1H. The zero-order chi connectivity index (χ0) is 18.2. The van der Waals surface area contributed by atoms with Crippen molar-refractivity contribution < 1.29 is 14.1 Å². The van der Waals surface area contributed by atoms with Gasteiger partial charge in [0.25, 0.3) is 5.91 Å². The van der Waals surface area contributed by atoms with E-state index in [4.69, 9.17) is 20.9 Å². The minimum atomic E-state index is -0.529. The molecule has 1 amide bonds. The number of halogens is 2. The Morgan fingerprint density at radius 2 is 1.77 bits per heavy atom. The molecule has 2 aliphatic heterocycles. The molecule has 26 heavy (non-hydrogen) atoms. The lowest BCUT2D eigenvalue weighted by atomic mass is 9.78. The molecule has 2 aliphatic rings. The summed E-state index contributed by atoms with van der Waals surface area (Å²) in [4.78, 5) is 12.5. The molecule has 0 saturated carbocycles. The average Bonchev–Trinajstić information content (AvgIpc) is 2.76. The molecular formula is C18H27BCl2N2O3. The molecule has 3 rings (SSSR count). The average molecular weight is 401 g/mol. The number of amides is 1. The predicted molar refractivity (Wildman–Crippen MR) is 108 cm³/mol. The molecule has 1 aromatic carbocycles. The lowest BCUT2D eigenvalue weighted by Crippen LogP contribution is -2.43. The van der Waals surface area contributed by atoms with Gasteiger partial charge in [-0.1, -0.05) is 17.7 Å². The molecule has 0 aromatic heterocycles. The maximum absolute atomic E-state index is 12.5. The van der Waals surface area contributed by atoms with Gasteiger partial charge in [0.05, 0.1) is 11.2 Å². The summed E-state index contributed by atoms with van der Waals surface area (Å²) >= 11 is 6.43. The van der Waals surface area contributed by atoms with Gasteiger partial charge in [-0.25, -0.2) is 0 Å². The second kappa shape index (κ2) is 8.07. The Hall–Kier alpha value is -0.785. The fourth-order valence-corrected chi connectivity index (χ4v) is 3.33. The van der Waals surface area contributed by atoms with E-state index in [-0.39, 0.29) is 24.4 Å². The fraction of sp³-hybridized carbons (Fsp3) is 0.611. The van der Waals surface area contributed by atoms with E-state index in [1.165, 1.54) is 0 Å². The molecule has 2 N–H and O–H groups in total. The predicted octanol–water partition coefficient (Wildman–Crippen LogP) is 2.54. The summed E-state index contributed by atoms with van der Waals surface area (Å²) < 4.78 is 12.1. The highest BCUT2D eigenvalue weighted by Gasteiger charge is 2.52. The van der Waals surface area contributed by atoms with Crippen LogP contribution in [0, 0.1) is 0 Å². The van der Waals surface area contributed by atoms with E-state index in [2.05, 4.69) is 10.6 Å². The highest BCUT2D eigenvalue weighted by molar-refractivity contribution is 6.65. The molecule has 0 aliphatic carbocycles. The fourth-order valence-electron chi connectivity index (χ4n) is 3.06. The normalized spacial score (nSPS) is 22.0. The maximum Gasteiger partial charge on any atom is 0.496 e. The molecular weight excluding hydrogens is 374 g/mol. The number of hydrogen-bond donors (Lipinski definition) is 2. The maximum atomic E-state index is 12.5. The van der Waals surface area contributed by atoms with Crippen LogP contribution < -0.4 is 16.1 Å². The molecule has 0 unspecified atom stereocenters. The first-order valence-electron chi connectivity index (χ1n) is 8.86. The molecule has 0 spiro atoms. The molecule has 2 fully saturated rings. The van der Waals surface area contributed by atoms with Crippen LogP contribution in [-0.4, -0.2) is 43.4 Å². The van der Waals surface area contributed by atoms with Crippen molar-refractivity contribution in [2.24, 2.45) is 0 Å². The van der Waals surface area contributed by atoms with Crippen molar-refractivity contribution in [1.82, 2.24) is 10.6 Å². The second-order valence-electron chi connectivity index (χ2n) is 7.82. The molecule has 0 bridgehead atoms. The summed E-state index contributed by atoms with van der Waals surface area (Å²) in [5, 5.41) is 6.85. The van der Waals surface area contributed by atoms with Gasteiger partial charge < -0.3 is 19.9 Å². The van der Waals surface area contributed by atoms with Crippen LogP contribution in [-0.2, 0) is 9.31 Å². The van der Waals surface area contributed by atoms with Crippen LogP contribution in [0.15, 0.2) is 18.2 Å². The van der Waals surface area contributed by atoms with Crippen molar-refractivity contribution in [3.8, 4) is 0 Å².